The summed E-state index contributed by atoms with van der Waals surface area (Å²) in [5.74, 6) is -0.818. The van der Waals surface area contributed by atoms with Gasteiger partial charge in [0, 0.05) is 11.1 Å². The van der Waals surface area contributed by atoms with Crippen molar-refractivity contribution in [2.75, 3.05) is 11.1 Å². The maximum absolute atomic E-state index is 13.6. The molecule has 6 heteroatoms. The monoisotopic (exact) mass is 376 g/mol. The number of rotatable bonds is 2. The molecule has 2 aromatic rings. The van der Waals surface area contributed by atoms with Crippen molar-refractivity contribution in [1.82, 2.24) is 0 Å². The molecule has 18 heavy (non-hydrogen) atoms. The van der Waals surface area contributed by atoms with Gasteiger partial charge in [-0.2, -0.15) is 0 Å². The van der Waals surface area contributed by atoms with Gasteiger partial charge < -0.3 is 11.1 Å². The minimum atomic E-state index is -0.486. The third kappa shape index (κ3) is 2.64. The molecule has 0 radical (unpaired) electrons. The quantitative estimate of drug-likeness (QED) is 0.621. The van der Waals surface area contributed by atoms with Crippen molar-refractivity contribution in [2.45, 2.75) is 6.92 Å². The Morgan fingerprint density at radius 1 is 1.50 bits per heavy atom. The van der Waals surface area contributed by atoms with Gasteiger partial charge >= 0.3 is 0 Å². The number of carbonyl (C=O) groups excluding carboxylic acids is 1. The summed E-state index contributed by atoms with van der Waals surface area (Å²) in [6.45, 7) is 1.67. The number of hydrogen-bond acceptors (Lipinski definition) is 3. The molecule has 0 aliphatic carbocycles. The Bertz CT molecular complexity index is 612. The summed E-state index contributed by atoms with van der Waals surface area (Å²) in [4.78, 5) is 11.9. The second-order valence-electron chi connectivity index (χ2n) is 3.73. The Hall–Kier alpha value is -1.15. The molecule has 0 spiro atoms. The third-order valence-corrected chi connectivity index (χ3v) is 4.31. The first-order valence-electron chi connectivity index (χ1n) is 5.09. The van der Waals surface area contributed by atoms with Crippen molar-refractivity contribution < 1.29 is 9.18 Å². The van der Waals surface area contributed by atoms with E-state index in [9.17, 15) is 9.18 Å². The normalized spacial score (nSPS) is 10.4. The number of nitrogen functional groups attached to an aromatic ring is 1. The van der Waals surface area contributed by atoms with Gasteiger partial charge in [0.15, 0.2) is 0 Å². The van der Waals surface area contributed by atoms with Crippen molar-refractivity contribution in [3.05, 3.63) is 43.4 Å². The average molecular weight is 376 g/mol. The van der Waals surface area contributed by atoms with E-state index in [1.54, 1.807) is 18.4 Å². The first kappa shape index (κ1) is 13.3. The van der Waals surface area contributed by atoms with Crippen LogP contribution in [0.25, 0.3) is 0 Å². The van der Waals surface area contributed by atoms with Crippen LogP contribution >= 0.6 is 33.9 Å². The Morgan fingerprint density at radius 3 is 2.83 bits per heavy atom. The first-order chi connectivity index (χ1) is 8.49. The van der Waals surface area contributed by atoms with Crippen molar-refractivity contribution in [1.29, 1.82) is 0 Å². The van der Waals surface area contributed by atoms with Crippen LogP contribution in [0.3, 0.4) is 0 Å². The molecule has 94 valence electrons. The molecule has 0 aliphatic rings. The molecule has 1 amide bonds. The molecule has 0 saturated heterocycles. The highest BCUT2D eigenvalue weighted by atomic mass is 127. The van der Waals surface area contributed by atoms with Crippen molar-refractivity contribution in [3.63, 3.8) is 0 Å². The van der Waals surface area contributed by atoms with Crippen molar-refractivity contribution in [2.24, 2.45) is 0 Å². The second kappa shape index (κ2) is 5.23. The van der Waals surface area contributed by atoms with Crippen LogP contribution in [0.4, 0.5) is 15.8 Å². The average Bonchev–Trinajstić information content (AvgIpc) is 2.76. The number of amides is 1. The highest BCUT2D eigenvalue weighted by molar-refractivity contribution is 14.1. The van der Waals surface area contributed by atoms with Gasteiger partial charge in [-0.1, -0.05) is 0 Å². The van der Waals surface area contributed by atoms with E-state index < -0.39 is 5.82 Å². The van der Waals surface area contributed by atoms with Crippen LogP contribution in [-0.2, 0) is 0 Å². The highest BCUT2D eigenvalue weighted by Gasteiger charge is 2.14. The van der Waals surface area contributed by atoms with Crippen molar-refractivity contribution in [3.8, 4) is 0 Å². The first-order valence-corrected chi connectivity index (χ1v) is 7.05. The van der Waals surface area contributed by atoms with Gasteiger partial charge in [0.2, 0.25) is 0 Å². The number of hydrogen-bond donors (Lipinski definition) is 2. The van der Waals surface area contributed by atoms with E-state index in [-0.39, 0.29) is 11.6 Å². The summed E-state index contributed by atoms with van der Waals surface area (Å²) in [6.07, 6.45) is 0. The molecular weight excluding hydrogens is 366 g/mol. The fourth-order valence-electron chi connectivity index (χ4n) is 1.46. The van der Waals surface area contributed by atoms with E-state index >= 15 is 0 Å². The Morgan fingerprint density at radius 2 is 2.22 bits per heavy atom. The van der Waals surface area contributed by atoms with Crippen LogP contribution in [0.1, 0.15) is 15.9 Å². The molecule has 0 aliphatic heterocycles. The lowest BCUT2D eigenvalue weighted by Gasteiger charge is -2.10. The standard InChI is InChI=1S/C12H10FIN2OS/c1-6-9(15)3-2-8(13)11(6)16-12(17)7-4-10(14)18-5-7/h2-5H,15H2,1H3,(H,16,17). The lowest BCUT2D eigenvalue weighted by molar-refractivity contribution is 0.102. The number of nitrogens with one attached hydrogen (secondary N) is 1. The lowest BCUT2D eigenvalue weighted by Crippen LogP contribution is -2.13. The second-order valence-corrected chi connectivity index (χ2v) is 6.54. The lowest BCUT2D eigenvalue weighted by atomic mass is 10.1. The molecule has 1 aromatic heterocycles. The molecule has 2 rings (SSSR count). The summed E-state index contributed by atoms with van der Waals surface area (Å²) in [7, 11) is 0. The van der Waals surface area contributed by atoms with E-state index in [0.29, 0.717) is 16.8 Å². The molecule has 1 heterocycles. The zero-order valence-corrected chi connectivity index (χ0v) is 12.4. The molecular formula is C12H10FIN2OS. The van der Waals surface area contributed by atoms with E-state index in [0.717, 1.165) is 2.88 Å². The van der Waals surface area contributed by atoms with Crippen LogP contribution in [0.5, 0.6) is 0 Å². The van der Waals surface area contributed by atoms with Gasteiger partial charge in [-0.15, -0.1) is 11.3 Å². The molecule has 1 aromatic carbocycles. The van der Waals surface area contributed by atoms with Crippen LogP contribution in [0, 0.1) is 15.6 Å². The van der Waals surface area contributed by atoms with E-state index in [4.69, 9.17) is 5.73 Å². The van der Waals surface area contributed by atoms with Gasteiger partial charge in [-0.25, -0.2) is 4.39 Å². The van der Waals surface area contributed by atoms with E-state index in [1.807, 2.05) is 0 Å². The van der Waals surface area contributed by atoms with Gasteiger partial charge in [-0.05, 0) is 53.3 Å². The van der Waals surface area contributed by atoms with Gasteiger partial charge in [0.25, 0.3) is 5.91 Å². The topological polar surface area (TPSA) is 55.1 Å². The molecule has 0 bridgehead atoms. The molecule has 0 atom stereocenters. The predicted octanol–water partition coefficient (Wildman–Crippen LogP) is 3.63. The zero-order valence-electron chi connectivity index (χ0n) is 9.46. The SMILES string of the molecule is Cc1c(N)ccc(F)c1NC(=O)c1csc(I)c1. The molecule has 3 N–H and O–H groups in total. The van der Waals surface area contributed by atoms with E-state index in [1.165, 1.54) is 23.5 Å². The van der Waals surface area contributed by atoms with Crippen LogP contribution < -0.4 is 11.1 Å². The fraction of sp³-hybridized carbons (Fsp3) is 0.0833. The minimum absolute atomic E-state index is 0.140. The number of halogens is 2. The largest absolute Gasteiger partial charge is 0.398 e. The Kier molecular flexibility index (Phi) is 3.86. The molecule has 0 unspecified atom stereocenters. The van der Waals surface area contributed by atoms with E-state index in [2.05, 4.69) is 27.9 Å². The van der Waals surface area contributed by atoms with Crippen LogP contribution in [0.2, 0.25) is 0 Å². The van der Waals surface area contributed by atoms with Crippen LogP contribution in [-0.4, -0.2) is 5.91 Å². The molecule has 0 fully saturated rings. The maximum atomic E-state index is 13.6. The smallest absolute Gasteiger partial charge is 0.256 e. The highest BCUT2D eigenvalue weighted by Crippen LogP contribution is 2.25. The maximum Gasteiger partial charge on any atom is 0.256 e. The van der Waals surface area contributed by atoms with Gasteiger partial charge in [0.05, 0.1) is 14.1 Å². The molecule has 3 nitrogen and oxygen atoms in total. The Balaban J connectivity index is 2.30. The number of thiophene rings is 1. The van der Waals surface area contributed by atoms with Gasteiger partial charge in [0.1, 0.15) is 5.82 Å². The minimum Gasteiger partial charge on any atom is -0.398 e. The predicted molar refractivity (Wildman–Crippen MR) is 80.5 cm³/mol. The third-order valence-electron chi connectivity index (χ3n) is 2.52. The summed E-state index contributed by atoms with van der Waals surface area (Å²) < 4.78 is 14.6. The summed E-state index contributed by atoms with van der Waals surface area (Å²) in [5.41, 5.74) is 7.34. The van der Waals surface area contributed by atoms with Gasteiger partial charge in [-0.3, -0.25) is 4.79 Å². The number of anilines is 2. The summed E-state index contributed by atoms with van der Waals surface area (Å²) in [5, 5.41) is 4.29. The molecule has 0 saturated carbocycles. The van der Waals surface area contributed by atoms with Crippen molar-refractivity contribution >= 4 is 51.2 Å². The number of carbonyl (C=O) groups is 1. The number of nitrogens with two attached hydrogens (primary N) is 1. The summed E-state index contributed by atoms with van der Waals surface area (Å²) >= 11 is 3.59. The zero-order chi connectivity index (χ0) is 13.3. The fourth-order valence-corrected chi connectivity index (χ4v) is 2.79. The summed E-state index contributed by atoms with van der Waals surface area (Å²) in [6, 6.07) is 4.48. The van der Waals surface area contributed by atoms with Crippen LogP contribution in [0.15, 0.2) is 23.6 Å². The number of benzene rings is 1. The Labute approximate surface area is 121 Å².